The Morgan fingerprint density at radius 2 is 1.75 bits per heavy atom. The summed E-state index contributed by atoms with van der Waals surface area (Å²) in [6.07, 6.45) is 6.28. The van der Waals surface area contributed by atoms with Crippen molar-refractivity contribution in [2.75, 3.05) is 18.4 Å². The molecule has 6 heteroatoms. The van der Waals surface area contributed by atoms with E-state index in [2.05, 4.69) is 33.4 Å². The Morgan fingerprint density at radius 1 is 1.00 bits per heavy atom. The third-order valence-electron chi connectivity index (χ3n) is 6.38. The lowest BCUT2D eigenvalue weighted by Crippen LogP contribution is -2.60. The molecule has 0 aliphatic carbocycles. The Morgan fingerprint density at radius 3 is 2.47 bits per heavy atom. The number of nitrogens with one attached hydrogen (secondary N) is 1. The van der Waals surface area contributed by atoms with Crippen molar-refractivity contribution in [1.29, 1.82) is 0 Å². The van der Waals surface area contributed by atoms with Crippen LogP contribution in [-0.4, -0.2) is 41.2 Å². The number of hydrogen-bond donors (Lipinski definition) is 1. The molecule has 0 spiro atoms. The van der Waals surface area contributed by atoms with E-state index < -0.39 is 0 Å². The SMILES string of the molecule is O=C(Nc1ccc(Sc2ccccc2)cc1)O[C@H]1C2CCN(CC2)[C@H]1Cc1cccnc1. The fraction of sp³-hybridized carbons (Fsp3) is 0.308. The number of piperidine rings is 3. The number of anilines is 1. The monoisotopic (exact) mass is 445 g/mol. The van der Waals surface area contributed by atoms with E-state index in [-0.39, 0.29) is 18.2 Å². The van der Waals surface area contributed by atoms with Crippen molar-refractivity contribution in [3.63, 3.8) is 0 Å². The number of nitrogens with zero attached hydrogens (tertiary/aromatic N) is 2. The number of carbonyl (C=O) groups excluding carboxylic acids is 1. The lowest BCUT2D eigenvalue weighted by atomic mass is 9.78. The summed E-state index contributed by atoms with van der Waals surface area (Å²) >= 11 is 1.70. The second-order valence-corrected chi connectivity index (χ2v) is 9.59. The van der Waals surface area contributed by atoms with Gasteiger partial charge in [0.15, 0.2) is 0 Å². The van der Waals surface area contributed by atoms with Crippen molar-refractivity contribution in [3.05, 3.63) is 84.7 Å². The van der Waals surface area contributed by atoms with Crippen LogP contribution in [0.15, 0.2) is 88.9 Å². The second kappa shape index (κ2) is 9.76. The third kappa shape index (κ3) is 4.97. The fourth-order valence-corrected chi connectivity index (χ4v) is 5.62. The molecule has 164 valence electrons. The van der Waals surface area contributed by atoms with Crippen LogP contribution in [0, 0.1) is 5.92 Å². The number of aromatic nitrogens is 1. The van der Waals surface area contributed by atoms with Gasteiger partial charge < -0.3 is 4.74 Å². The molecule has 2 bridgehead atoms. The molecule has 3 aliphatic rings. The smallest absolute Gasteiger partial charge is 0.411 e. The van der Waals surface area contributed by atoms with E-state index in [4.69, 9.17) is 4.74 Å². The molecule has 1 aromatic heterocycles. The molecular weight excluding hydrogens is 418 g/mol. The number of fused-ring (bicyclic) bond motifs is 3. The minimum atomic E-state index is -0.372. The molecule has 3 saturated heterocycles. The molecule has 6 rings (SSSR count). The average molecular weight is 446 g/mol. The maximum Gasteiger partial charge on any atom is 0.411 e. The van der Waals surface area contributed by atoms with E-state index in [0.717, 1.165) is 42.9 Å². The van der Waals surface area contributed by atoms with Gasteiger partial charge in [0.25, 0.3) is 0 Å². The largest absolute Gasteiger partial charge is 0.444 e. The Kier molecular flexibility index (Phi) is 6.41. The number of carbonyl (C=O) groups is 1. The lowest BCUT2D eigenvalue weighted by Gasteiger charge is -2.50. The first-order valence-electron chi connectivity index (χ1n) is 11.2. The first kappa shape index (κ1) is 21.0. The highest BCUT2D eigenvalue weighted by Gasteiger charge is 2.44. The summed E-state index contributed by atoms with van der Waals surface area (Å²) in [5, 5.41) is 2.92. The predicted octanol–water partition coefficient (Wildman–Crippen LogP) is 5.49. The first-order valence-corrected chi connectivity index (χ1v) is 12.0. The van der Waals surface area contributed by atoms with E-state index in [0.29, 0.717) is 5.92 Å². The lowest BCUT2D eigenvalue weighted by molar-refractivity contribution is -0.0741. The molecule has 3 aliphatic heterocycles. The topological polar surface area (TPSA) is 54.5 Å². The van der Waals surface area contributed by atoms with Crippen molar-refractivity contribution in [2.24, 2.45) is 5.92 Å². The summed E-state index contributed by atoms with van der Waals surface area (Å²) in [7, 11) is 0. The molecule has 0 saturated carbocycles. The fourth-order valence-electron chi connectivity index (χ4n) is 4.78. The van der Waals surface area contributed by atoms with Gasteiger partial charge in [-0.15, -0.1) is 0 Å². The quantitative estimate of drug-likeness (QED) is 0.544. The van der Waals surface area contributed by atoms with Crippen LogP contribution in [-0.2, 0) is 11.2 Å². The summed E-state index contributed by atoms with van der Waals surface area (Å²) in [5.74, 6) is 0.428. The molecular formula is C26H27N3O2S. The molecule has 1 amide bonds. The highest BCUT2D eigenvalue weighted by Crippen LogP contribution is 2.36. The molecule has 5 nitrogen and oxygen atoms in total. The summed E-state index contributed by atoms with van der Waals surface area (Å²) in [5.41, 5.74) is 1.93. The van der Waals surface area contributed by atoms with Gasteiger partial charge in [-0.05, 0) is 80.4 Å². The minimum absolute atomic E-state index is 0.0920. The Labute approximate surface area is 193 Å². The van der Waals surface area contributed by atoms with Gasteiger partial charge in [-0.2, -0.15) is 0 Å². The van der Waals surface area contributed by atoms with E-state index in [1.54, 1.807) is 18.0 Å². The number of amides is 1. The maximum atomic E-state index is 12.8. The van der Waals surface area contributed by atoms with E-state index in [9.17, 15) is 4.79 Å². The van der Waals surface area contributed by atoms with Crippen LogP contribution in [0.1, 0.15) is 18.4 Å². The second-order valence-electron chi connectivity index (χ2n) is 8.44. The summed E-state index contributed by atoms with van der Waals surface area (Å²) in [6, 6.07) is 22.4. The number of rotatable bonds is 6. The third-order valence-corrected chi connectivity index (χ3v) is 7.39. The standard InChI is InChI=1S/C26H27N3O2S/c30-26(28-21-8-10-23(11-9-21)32-22-6-2-1-3-7-22)31-25-20-12-15-29(16-13-20)24(25)17-19-5-4-14-27-18-19/h1-11,14,18,20,24-25H,12-13,15-17H2,(H,28,30)/t24-,25-/m0/s1. The van der Waals surface area contributed by atoms with Gasteiger partial charge in [-0.25, -0.2) is 4.79 Å². The molecule has 0 radical (unpaired) electrons. The highest BCUT2D eigenvalue weighted by atomic mass is 32.2. The Hall–Kier alpha value is -2.83. The number of pyridine rings is 1. The van der Waals surface area contributed by atoms with Crippen molar-refractivity contribution in [3.8, 4) is 0 Å². The molecule has 4 heterocycles. The Balaban J connectivity index is 1.21. The predicted molar refractivity (Wildman–Crippen MR) is 127 cm³/mol. The summed E-state index contributed by atoms with van der Waals surface area (Å²) < 4.78 is 6.02. The molecule has 3 aromatic rings. The van der Waals surface area contributed by atoms with Gasteiger partial charge in [0.05, 0.1) is 6.04 Å². The maximum absolute atomic E-state index is 12.8. The van der Waals surface area contributed by atoms with Gasteiger partial charge in [0.1, 0.15) is 6.10 Å². The van der Waals surface area contributed by atoms with Gasteiger partial charge in [0, 0.05) is 33.8 Å². The van der Waals surface area contributed by atoms with Crippen LogP contribution in [0.25, 0.3) is 0 Å². The van der Waals surface area contributed by atoms with Crippen molar-refractivity contribution in [1.82, 2.24) is 9.88 Å². The zero-order valence-electron chi connectivity index (χ0n) is 17.9. The molecule has 1 N–H and O–H groups in total. The number of hydrogen-bond acceptors (Lipinski definition) is 5. The van der Waals surface area contributed by atoms with Crippen molar-refractivity contribution >= 4 is 23.5 Å². The Bertz CT molecular complexity index is 1020. The molecule has 2 atom stereocenters. The summed E-state index contributed by atoms with van der Waals surface area (Å²) in [6.45, 7) is 2.16. The number of ether oxygens (including phenoxy) is 1. The van der Waals surface area contributed by atoms with E-state index in [1.165, 1.54) is 10.5 Å². The normalized spacial score (nSPS) is 24.1. The van der Waals surface area contributed by atoms with Gasteiger partial charge in [0.2, 0.25) is 0 Å². The van der Waals surface area contributed by atoms with Crippen LogP contribution in [0.4, 0.5) is 10.5 Å². The molecule has 3 fully saturated rings. The zero-order chi connectivity index (χ0) is 21.8. The van der Waals surface area contributed by atoms with Crippen LogP contribution < -0.4 is 5.32 Å². The molecule has 2 aromatic carbocycles. The van der Waals surface area contributed by atoms with Crippen molar-refractivity contribution in [2.45, 2.75) is 41.2 Å². The number of benzene rings is 2. The zero-order valence-corrected chi connectivity index (χ0v) is 18.7. The van der Waals surface area contributed by atoms with Crippen LogP contribution >= 0.6 is 11.8 Å². The molecule has 32 heavy (non-hydrogen) atoms. The highest BCUT2D eigenvalue weighted by molar-refractivity contribution is 7.99. The first-order chi connectivity index (χ1) is 15.7. The average Bonchev–Trinajstić information content (AvgIpc) is 2.84. The van der Waals surface area contributed by atoms with Crippen LogP contribution in [0.5, 0.6) is 0 Å². The van der Waals surface area contributed by atoms with Crippen molar-refractivity contribution < 1.29 is 9.53 Å². The van der Waals surface area contributed by atoms with Gasteiger partial charge >= 0.3 is 6.09 Å². The minimum Gasteiger partial charge on any atom is -0.444 e. The van der Waals surface area contributed by atoms with E-state index >= 15 is 0 Å². The summed E-state index contributed by atoms with van der Waals surface area (Å²) in [4.78, 5) is 21.8. The van der Waals surface area contributed by atoms with Gasteiger partial charge in [-0.1, -0.05) is 36.0 Å². The van der Waals surface area contributed by atoms with Gasteiger partial charge in [-0.3, -0.25) is 15.2 Å². The van der Waals surface area contributed by atoms with Crippen LogP contribution in [0.2, 0.25) is 0 Å². The van der Waals surface area contributed by atoms with Crippen LogP contribution in [0.3, 0.4) is 0 Å². The van der Waals surface area contributed by atoms with E-state index in [1.807, 2.05) is 54.7 Å². The molecule has 0 unspecified atom stereocenters.